The van der Waals surface area contributed by atoms with Crippen LogP contribution in [0.3, 0.4) is 0 Å². The van der Waals surface area contributed by atoms with Crippen molar-refractivity contribution in [2.24, 2.45) is 5.41 Å². The normalized spacial score (nSPS) is 25.2. The monoisotopic (exact) mass is 285 g/mol. The molecule has 0 saturated heterocycles. The number of halogens is 1. The summed E-state index contributed by atoms with van der Waals surface area (Å²) < 4.78 is 1.36. The first-order valence-electron chi connectivity index (χ1n) is 6.47. The standard InChI is InChI=1S/C13H20ClN3O2/c1-7(2)17-12(19)11(14)8(6-15-17)16-9-5-10(18)13(9,3)4/h6-7,9-10,16,18H,5H2,1-4H3. The first kappa shape index (κ1) is 14.3. The lowest BCUT2D eigenvalue weighted by Gasteiger charge is -2.49. The molecule has 0 bridgehead atoms. The number of nitrogens with one attached hydrogen (secondary N) is 1. The van der Waals surface area contributed by atoms with Gasteiger partial charge in [-0.3, -0.25) is 4.79 Å². The Balaban J connectivity index is 2.24. The predicted octanol–water partition coefficient (Wildman–Crippen LogP) is 2.05. The van der Waals surface area contributed by atoms with Crippen LogP contribution in [0.15, 0.2) is 11.0 Å². The smallest absolute Gasteiger partial charge is 0.287 e. The molecule has 1 aliphatic rings. The number of anilines is 1. The molecule has 1 aromatic rings. The summed E-state index contributed by atoms with van der Waals surface area (Å²) in [7, 11) is 0. The number of hydrogen-bond acceptors (Lipinski definition) is 4. The first-order valence-corrected chi connectivity index (χ1v) is 6.85. The Morgan fingerprint density at radius 3 is 2.68 bits per heavy atom. The van der Waals surface area contributed by atoms with E-state index in [1.807, 2.05) is 27.7 Å². The number of rotatable bonds is 3. The van der Waals surface area contributed by atoms with Crippen LogP contribution in [0, 0.1) is 5.41 Å². The van der Waals surface area contributed by atoms with Gasteiger partial charge in [0, 0.05) is 11.5 Å². The van der Waals surface area contributed by atoms with Crippen molar-refractivity contribution in [1.29, 1.82) is 0 Å². The minimum atomic E-state index is -0.326. The molecule has 5 nitrogen and oxygen atoms in total. The van der Waals surface area contributed by atoms with Gasteiger partial charge in [0.05, 0.1) is 24.0 Å². The zero-order chi connectivity index (χ0) is 14.4. The fourth-order valence-corrected chi connectivity index (χ4v) is 2.44. The van der Waals surface area contributed by atoms with E-state index >= 15 is 0 Å². The van der Waals surface area contributed by atoms with Gasteiger partial charge in [-0.15, -0.1) is 0 Å². The number of aliphatic hydroxyl groups excluding tert-OH is 1. The second-order valence-corrected chi connectivity index (χ2v) is 6.36. The lowest BCUT2D eigenvalue weighted by molar-refractivity contribution is -0.0510. The lowest BCUT2D eigenvalue weighted by Crippen LogP contribution is -2.57. The van der Waals surface area contributed by atoms with Crippen molar-refractivity contribution in [3.05, 3.63) is 21.6 Å². The van der Waals surface area contributed by atoms with E-state index in [4.69, 9.17) is 11.6 Å². The van der Waals surface area contributed by atoms with Gasteiger partial charge in [0.2, 0.25) is 0 Å². The summed E-state index contributed by atoms with van der Waals surface area (Å²) >= 11 is 6.10. The van der Waals surface area contributed by atoms with E-state index in [1.165, 1.54) is 4.68 Å². The van der Waals surface area contributed by atoms with Crippen LogP contribution in [0.1, 0.15) is 40.2 Å². The quantitative estimate of drug-likeness (QED) is 0.892. The summed E-state index contributed by atoms with van der Waals surface area (Å²) in [5.74, 6) is 0. The molecule has 1 fully saturated rings. The second kappa shape index (κ2) is 4.80. The number of aromatic nitrogens is 2. The highest BCUT2D eigenvalue weighted by Gasteiger charge is 2.47. The number of nitrogens with zero attached hydrogens (tertiary/aromatic N) is 2. The van der Waals surface area contributed by atoms with Gasteiger partial charge in [0.1, 0.15) is 5.02 Å². The molecule has 1 saturated carbocycles. The summed E-state index contributed by atoms with van der Waals surface area (Å²) in [6.07, 6.45) is 1.90. The zero-order valence-electron chi connectivity index (χ0n) is 11.6. The molecule has 106 valence electrons. The van der Waals surface area contributed by atoms with Crippen LogP contribution in [0.4, 0.5) is 5.69 Å². The maximum Gasteiger partial charge on any atom is 0.287 e. The van der Waals surface area contributed by atoms with Crippen LogP contribution in [-0.2, 0) is 0 Å². The van der Waals surface area contributed by atoms with Crippen molar-refractivity contribution in [3.8, 4) is 0 Å². The van der Waals surface area contributed by atoms with E-state index in [0.29, 0.717) is 12.1 Å². The van der Waals surface area contributed by atoms with Crippen molar-refractivity contribution in [2.75, 3.05) is 5.32 Å². The molecule has 6 heteroatoms. The van der Waals surface area contributed by atoms with Gasteiger partial charge in [-0.2, -0.15) is 5.10 Å². The third kappa shape index (κ3) is 2.37. The Kier molecular flexibility index (Phi) is 3.62. The van der Waals surface area contributed by atoms with Crippen LogP contribution >= 0.6 is 11.6 Å². The van der Waals surface area contributed by atoms with Crippen LogP contribution in [0.5, 0.6) is 0 Å². The molecule has 0 aliphatic heterocycles. The highest BCUT2D eigenvalue weighted by atomic mass is 35.5. The molecule has 2 unspecified atom stereocenters. The van der Waals surface area contributed by atoms with E-state index in [1.54, 1.807) is 6.20 Å². The minimum absolute atomic E-state index is 0.0268. The van der Waals surface area contributed by atoms with Crippen LogP contribution in [0.25, 0.3) is 0 Å². The van der Waals surface area contributed by atoms with Gasteiger partial charge in [-0.05, 0) is 20.3 Å². The molecule has 0 amide bonds. The van der Waals surface area contributed by atoms with Gasteiger partial charge < -0.3 is 10.4 Å². The number of aliphatic hydroxyl groups is 1. The molecule has 1 heterocycles. The third-order valence-corrected chi connectivity index (χ3v) is 4.34. The summed E-state index contributed by atoms with van der Waals surface area (Å²) in [5, 5.41) is 17.2. The maximum atomic E-state index is 12.0. The van der Waals surface area contributed by atoms with E-state index in [0.717, 1.165) is 0 Å². The summed E-state index contributed by atoms with van der Waals surface area (Å²) in [5.41, 5.74) is 0.0175. The molecule has 19 heavy (non-hydrogen) atoms. The average Bonchev–Trinajstić information content (AvgIpc) is 2.33. The molecular formula is C13H20ClN3O2. The largest absolute Gasteiger partial charge is 0.392 e. The molecule has 2 atom stereocenters. The molecule has 1 aliphatic carbocycles. The SMILES string of the molecule is CC(C)n1ncc(NC2CC(O)C2(C)C)c(Cl)c1=O. The van der Waals surface area contributed by atoms with E-state index in [2.05, 4.69) is 10.4 Å². The zero-order valence-corrected chi connectivity index (χ0v) is 12.4. The molecular weight excluding hydrogens is 266 g/mol. The topological polar surface area (TPSA) is 67.2 Å². The van der Waals surface area contributed by atoms with Crippen LogP contribution < -0.4 is 10.9 Å². The molecule has 2 rings (SSSR count). The lowest BCUT2D eigenvalue weighted by atomic mass is 9.64. The molecule has 1 aromatic heterocycles. The highest BCUT2D eigenvalue weighted by molar-refractivity contribution is 6.32. The van der Waals surface area contributed by atoms with Gasteiger partial charge in [-0.1, -0.05) is 25.4 Å². The Hall–Kier alpha value is -1.07. The Morgan fingerprint density at radius 1 is 1.58 bits per heavy atom. The van der Waals surface area contributed by atoms with Crippen LogP contribution in [0.2, 0.25) is 5.02 Å². The van der Waals surface area contributed by atoms with Gasteiger partial charge in [-0.25, -0.2) is 4.68 Å². The highest BCUT2D eigenvalue weighted by Crippen LogP contribution is 2.42. The van der Waals surface area contributed by atoms with E-state index in [-0.39, 0.29) is 34.2 Å². The summed E-state index contributed by atoms with van der Waals surface area (Å²) in [6, 6.07) is 0.0668. The molecule has 0 spiro atoms. The van der Waals surface area contributed by atoms with Gasteiger partial charge in [0.25, 0.3) is 5.56 Å². The minimum Gasteiger partial charge on any atom is -0.392 e. The molecule has 0 radical (unpaired) electrons. The fourth-order valence-electron chi connectivity index (χ4n) is 2.25. The third-order valence-electron chi connectivity index (χ3n) is 3.98. The first-order chi connectivity index (χ1) is 8.75. The van der Waals surface area contributed by atoms with Crippen molar-refractivity contribution in [3.63, 3.8) is 0 Å². The van der Waals surface area contributed by atoms with Crippen molar-refractivity contribution >= 4 is 17.3 Å². The number of hydrogen-bond donors (Lipinski definition) is 2. The summed E-state index contributed by atoms with van der Waals surface area (Å²) in [6.45, 7) is 7.72. The van der Waals surface area contributed by atoms with Gasteiger partial charge >= 0.3 is 0 Å². The van der Waals surface area contributed by atoms with Crippen LogP contribution in [-0.4, -0.2) is 27.0 Å². The Labute approximate surface area is 117 Å². The van der Waals surface area contributed by atoms with E-state index < -0.39 is 0 Å². The van der Waals surface area contributed by atoms with E-state index in [9.17, 15) is 9.90 Å². The Morgan fingerprint density at radius 2 is 2.21 bits per heavy atom. The van der Waals surface area contributed by atoms with Crippen molar-refractivity contribution in [2.45, 2.75) is 52.3 Å². The summed E-state index contributed by atoms with van der Waals surface area (Å²) in [4.78, 5) is 12.0. The van der Waals surface area contributed by atoms with Crippen molar-refractivity contribution < 1.29 is 5.11 Å². The second-order valence-electron chi connectivity index (χ2n) is 5.99. The van der Waals surface area contributed by atoms with Crippen molar-refractivity contribution in [1.82, 2.24) is 9.78 Å². The maximum absolute atomic E-state index is 12.0. The molecule has 0 aromatic carbocycles. The van der Waals surface area contributed by atoms with Gasteiger partial charge in [0.15, 0.2) is 0 Å². The fraction of sp³-hybridized carbons (Fsp3) is 0.692. The Bertz CT molecular complexity index is 539. The molecule has 2 N–H and O–H groups in total. The predicted molar refractivity (Wildman–Crippen MR) is 75.7 cm³/mol. The average molecular weight is 286 g/mol.